The summed E-state index contributed by atoms with van der Waals surface area (Å²) in [7, 11) is -2.13. The third-order valence-electron chi connectivity index (χ3n) is 6.45. The van der Waals surface area contributed by atoms with Crippen molar-refractivity contribution in [2.75, 3.05) is 30.8 Å². The fourth-order valence-electron chi connectivity index (χ4n) is 4.45. The van der Waals surface area contributed by atoms with Crippen LogP contribution in [0.5, 0.6) is 5.75 Å². The van der Waals surface area contributed by atoms with Gasteiger partial charge in [0.1, 0.15) is 11.8 Å². The summed E-state index contributed by atoms with van der Waals surface area (Å²) in [6.07, 6.45) is 1.67. The molecule has 0 aliphatic carbocycles. The van der Waals surface area contributed by atoms with Crippen molar-refractivity contribution in [1.29, 1.82) is 0 Å². The molecule has 220 valence electrons. The summed E-state index contributed by atoms with van der Waals surface area (Å²) in [4.78, 5) is 28.7. The van der Waals surface area contributed by atoms with Crippen molar-refractivity contribution in [3.05, 3.63) is 94.0 Å². The molecule has 0 heterocycles. The third kappa shape index (κ3) is 9.38. The summed E-state index contributed by atoms with van der Waals surface area (Å²) in [6.45, 7) is 2.42. The first-order chi connectivity index (χ1) is 19.5. The summed E-state index contributed by atoms with van der Waals surface area (Å²) >= 11 is 12.4. The monoisotopic (exact) mass is 619 g/mol. The molecule has 0 unspecified atom stereocenters. The van der Waals surface area contributed by atoms with E-state index in [4.69, 9.17) is 27.9 Å². The van der Waals surface area contributed by atoms with Crippen molar-refractivity contribution in [2.24, 2.45) is 0 Å². The normalized spacial score (nSPS) is 11.9. The highest BCUT2D eigenvalue weighted by molar-refractivity contribution is 7.92. The van der Waals surface area contributed by atoms with E-state index in [-0.39, 0.29) is 37.7 Å². The second-order valence-electron chi connectivity index (χ2n) is 9.51. The number of hydrogen-bond donors (Lipinski definition) is 1. The summed E-state index contributed by atoms with van der Waals surface area (Å²) in [5, 5.41) is 3.58. The zero-order chi connectivity index (χ0) is 30.0. The van der Waals surface area contributed by atoms with Crippen molar-refractivity contribution in [3.63, 3.8) is 0 Å². The van der Waals surface area contributed by atoms with E-state index < -0.39 is 16.1 Å². The predicted octanol–water partition coefficient (Wildman–Crippen LogP) is 5.32. The lowest BCUT2D eigenvalue weighted by Gasteiger charge is -2.32. The Labute approximate surface area is 252 Å². The molecule has 41 heavy (non-hydrogen) atoms. The Hall–Kier alpha value is -3.27. The molecule has 0 saturated heterocycles. The molecule has 0 aliphatic rings. The molecular formula is C30H35Cl2N3O5S. The van der Waals surface area contributed by atoms with Gasteiger partial charge < -0.3 is 15.0 Å². The maximum absolute atomic E-state index is 13.8. The topological polar surface area (TPSA) is 96.0 Å². The van der Waals surface area contributed by atoms with Crippen LogP contribution >= 0.6 is 23.2 Å². The van der Waals surface area contributed by atoms with Crippen LogP contribution in [0.25, 0.3) is 0 Å². The minimum atomic E-state index is -3.63. The highest BCUT2D eigenvalue weighted by atomic mass is 35.5. The molecule has 8 nitrogen and oxygen atoms in total. The third-order valence-corrected chi connectivity index (χ3v) is 8.39. The number of likely N-dealkylation sites (N-methyl/N-ethyl adjacent to an activating group) is 1. The number of halogens is 2. The molecule has 3 aromatic rings. The standard InChI is InChI=1S/C30H35Cl2N3O5S/c1-4-33-30(37)28(19-22-10-6-5-7-11-22)34(21-23-15-16-26(31)27(32)18-23)29(36)14-9-17-35(41(3,38)39)24-12-8-13-25(20-24)40-2/h5-8,10-13,15-16,18,20,28H,4,9,14,17,19,21H2,1-3H3,(H,33,37)/t28-/m0/s1. The Morgan fingerprint density at radius 1 is 0.951 bits per heavy atom. The first kappa shape index (κ1) is 32.2. The van der Waals surface area contributed by atoms with Crippen LogP contribution < -0.4 is 14.4 Å². The van der Waals surface area contributed by atoms with E-state index in [2.05, 4.69) is 5.32 Å². The molecule has 0 fully saturated rings. The Morgan fingerprint density at radius 2 is 1.68 bits per heavy atom. The summed E-state index contributed by atoms with van der Waals surface area (Å²) in [5.74, 6) is -0.0491. The molecule has 0 radical (unpaired) electrons. The van der Waals surface area contributed by atoms with Crippen LogP contribution in [0.1, 0.15) is 30.9 Å². The van der Waals surface area contributed by atoms with Crippen molar-refractivity contribution in [3.8, 4) is 5.75 Å². The van der Waals surface area contributed by atoms with E-state index in [1.54, 1.807) is 42.5 Å². The molecule has 0 aromatic heterocycles. The van der Waals surface area contributed by atoms with Crippen LogP contribution in [0.2, 0.25) is 10.0 Å². The van der Waals surface area contributed by atoms with Gasteiger partial charge in [-0.3, -0.25) is 13.9 Å². The summed E-state index contributed by atoms with van der Waals surface area (Å²) in [6, 6.07) is 20.5. The quantitative estimate of drug-likeness (QED) is 0.263. The molecular weight excluding hydrogens is 585 g/mol. The van der Waals surface area contributed by atoms with Gasteiger partial charge in [0.15, 0.2) is 0 Å². The maximum atomic E-state index is 13.8. The van der Waals surface area contributed by atoms with Gasteiger partial charge in [-0.05, 0) is 48.7 Å². The van der Waals surface area contributed by atoms with Gasteiger partial charge in [0.05, 0.1) is 29.1 Å². The van der Waals surface area contributed by atoms with Crippen molar-refractivity contribution < 1.29 is 22.7 Å². The van der Waals surface area contributed by atoms with Gasteiger partial charge in [0.25, 0.3) is 0 Å². The van der Waals surface area contributed by atoms with Gasteiger partial charge in [-0.1, -0.05) is 65.7 Å². The Morgan fingerprint density at radius 3 is 2.32 bits per heavy atom. The minimum Gasteiger partial charge on any atom is -0.497 e. The van der Waals surface area contributed by atoms with Crippen LogP contribution in [-0.4, -0.2) is 57.6 Å². The Bertz CT molecular complexity index is 1440. The maximum Gasteiger partial charge on any atom is 0.243 e. The van der Waals surface area contributed by atoms with Gasteiger partial charge in [-0.2, -0.15) is 0 Å². The Balaban J connectivity index is 1.88. The van der Waals surface area contributed by atoms with Crippen LogP contribution in [0.15, 0.2) is 72.8 Å². The highest BCUT2D eigenvalue weighted by Gasteiger charge is 2.30. The van der Waals surface area contributed by atoms with E-state index in [1.165, 1.54) is 16.3 Å². The predicted molar refractivity (Wildman–Crippen MR) is 164 cm³/mol. The SMILES string of the molecule is CCNC(=O)[C@H](Cc1ccccc1)N(Cc1ccc(Cl)c(Cl)c1)C(=O)CCCN(c1cccc(OC)c1)S(C)(=O)=O. The lowest BCUT2D eigenvalue weighted by atomic mass is 10.0. The lowest BCUT2D eigenvalue weighted by Crippen LogP contribution is -2.50. The zero-order valence-electron chi connectivity index (χ0n) is 23.3. The average molecular weight is 621 g/mol. The molecule has 3 rings (SSSR count). The smallest absolute Gasteiger partial charge is 0.243 e. The van der Waals surface area contributed by atoms with E-state index >= 15 is 0 Å². The number of methoxy groups -OCH3 is 1. The number of ether oxygens (including phenoxy) is 1. The molecule has 3 aromatic carbocycles. The van der Waals surface area contributed by atoms with E-state index in [9.17, 15) is 18.0 Å². The van der Waals surface area contributed by atoms with Crippen LogP contribution in [0, 0.1) is 0 Å². The molecule has 11 heteroatoms. The first-order valence-electron chi connectivity index (χ1n) is 13.2. The minimum absolute atomic E-state index is 0.0159. The van der Waals surface area contributed by atoms with E-state index in [0.29, 0.717) is 40.0 Å². The van der Waals surface area contributed by atoms with E-state index in [1.807, 2.05) is 37.3 Å². The van der Waals surface area contributed by atoms with E-state index in [0.717, 1.165) is 11.8 Å². The number of benzene rings is 3. The van der Waals surface area contributed by atoms with Gasteiger partial charge >= 0.3 is 0 Å². The largest absolute Gasteiger partial charge is 0.497 e. The number of nitrogens with zero attached hydrogens (tertiary/aromatic N) is 2. The fraction of sp³-hybridized carbons (Fsp3) is 0.333. The number of hydrogen-bond acceptors (Lipinski definition) is 5. The number of carbonyl (C=O) groups is 2. The van der Waals surface area contributed by atoms with Gasteiger partial charge in [-0.15, -0.1) is 0 Å². The van der Waals surface area contributed by atoms with Crippen molar-refractivity contribution >= 4 is 50.7 Å². The number of anilines is 1. The van der Waals surface area contributed by atoms with Crippen LogP contribution in [0.3, 0.4) is 0 Å². The van der Waals surface area contributed by atoms with Gasteiger partial charge in [-0.25, -0.2) is 8.42 Å². The van der Waals surface area contributed by atoms with Gasteiger partial charge in [0.2, 0.25) is 21.8 Å². The second kappa shape index (κ2) is 15.1. The fourth-order valence-corrected chi connectivity index (χ4v) is 5.73. The molecule has 0 bridgehead atoms. The highest BCUT2D eigenvalue weighted by Crippen LogP contribution is 2.26. The molecule has 2 amide bonds. The average Bonchev–Trinajstić information content (AvgIpc) is 2.94. The molecule has 1 N–H and O–H groups in total. The molecule has 0 aliphatic heterocycles. The first-order valence-corrected chi connectivity index (χ1v) is 15.8. The molecule has 0 spiro atoms. The summed E-state index contributed by atoms with van der Waals surface area (Å²) < 4.78 is 31.7. The number of amides is 2. The number of nitrogens with one attached hydrogen (secondary N) is 1. The molecule has 1 atom stereocenters. The summed E-state index contributed by atoms with van der Waals surface area (Å²) in [5.41, 5.74) is 2.05. The second-order valence-corrected chi connectivity index (χ2v) is 12.2. The number of carbonyl (C=O) groups excluding carboxylic acids is 2. The van der Waals surface area contributed by atoms with Gasteiger partial charge in [0, 0.05) is 38.5 Å². The zero-order valence-corrected chi connectivity index (χ0v) is 25.7. The van der Waals surface area contributed by atoms with Crippen LogP contribution in [-0.2, 0) is 32.6 Å². The number of sulfonamides is 1. The molecule has 0 saturated carbocycles. The van der Waals surface area contributed by atoms with Crippen molar-refractivity contribution in [2.45, 2.75) is 38.8 Å². The number of rotatable bonds is 14. The van der Waals surface area contributed by atoms with Crippen LogP contribution in [0.4, 0.5) is 5.69 Å². The lowest BCUT2D eigenvalue weighted by molar-refractivity contribution is -0.141. The Kier molecular flexibility index (Phi) is 11.9. The van der Waals surface area contributed by atoms with Crippen molar-refractivity contribution in [1.82, 2.24) is 10.2 Å².